The van der Waals surface area contributed by atoms with Gasteiger partial charge in [-0.3, -0.25) is 0 Å². The predicted octanol–water partition coefficient (Wildman–Crippen LogP) is 3.68. The van der Waals surface area contributed by atoms with E-state index >= 15 is 0 Å². The zero-order valence-electron chi connectivity index (χ0n) is 10.4. The smallest absolute Gasteiger partial charge is 0.0663 e. The Morgan fingerprint density at radius 2 is 1.88 bits per heavy atom. The first kappa shape index (κ1) is 11.9. The summed E-state index contributed by atoms with van der Waals surface area (Å²) in [4.78, 5) is 0. The second kappa shape index (κ2) is 5.69. The normalized spacial score (nSPS) is 12.6. The van der Waals surface area contributed by atoms with Gasteiger partial charge >= 0.3 is 0 Å². The SMILES string of the molecule is CCC(COC)Nc1cccc2ccccc12. The van der Waals surface area contributed by atoms with Crippen LogP contribution in [0, 0.1) is 0 Å². The summed E-state index contributed by atoms with van der Waals surface area (Å²) >= 11 is 0. The summed E-state index contributed by atoms with van der Waals surface area (Å²) in [5.41, 5.74) is 1.19. The maximum absolute atomic E-state index is 5.22. The van der Waals surface area contributed by atoms with Gasteiger partial charge in [-0.2, -0.15) is 0 Å². The van der Waals surface area contributed by atoms with Crippen molar-refractivity contribution in [3.63, 3.8) is 0 Å². The van der Waals surface area contributed by atoms with Gasteiger partial charge in [-0.05, 0) is 17.9 Å². The van der Waals surface area contributed by atoms with Crippen molar-refractivity contribution in [3.05, 3.63) is 42.5 Å². The Morgan fingerprint density at radius 3 is 2.65 bits per heavy atom. The third-order valence-corrected chi connectivity index (χ3v) is 3.01. The standard InChI is InChI=1S/C15H19NO/c1-3-13(11-17-2)16-15-10-6-8-12-7-4-5-9-14(12)15/h4-10,13,16H,3,11H2,1-2H3. The minimum absolute atomic E-state index is 0.366. The van der Waals surface area contributed by atoms with Crippen LogP contribution in [0.5, 0.6) is 0 Å². The molecule has 0 aromatic heterocycles. The second-order valence-corrected chi connectivity index (χ2v) is 4.23. The van der Waals surface area contributed by atoms with Crippen molar-refractivity contribution in [2.24, 2.45) is 0 Å². The fourth-order valence-corrected chi connectivity index (χ4v) is 2.03. The summed E-state index contributed by atoms with van der Waals surface area (Å²) < 4.78 is 5.22. The highest BCUT2D eigenvalue weighted by Gasteiger charge is 2.07. The summed E-state index contributed by atoms with van der Waals surface area (Å²) in [6.07, 6.45) is 1.05. The van der Waals surface area contributed by atoms with Crippen molar-refractivity contribution < 1.29 is 4.74 Å². The van der Waals surface area contributed by atoms with Crippen LogP contribution < -0.4 is 5.32 Å². The van der Waals surface area contributed by atoms with Gasteiger partial charge in [0.15, 0.2) is 0 Å². The van der Waals surface area contributed by atoms with E-state index in [2.05, 4.69) is 54.7 Å². The van der Waals surface area contributed by atoms with Crippen LogP contribution >= 0.6 is 0 Å². The predicted molar refractivity (Wildman–Crippen MR) is 73.5 cm³/mol. The molecule has 90 valence electrons. The fraction of sp³-hybridized carbons (Fsp3) is 0.333. The molecule has 2 heteroatoms. The van der Waals surface area contributed by atoms with Crippen molar-refractivity contribution in [1.82, 2.24) is 0 Å². The van der Waals surface area contributed by atoms with Gasteiger partial charge in [-0.15, -0.1) is 0 Å². The molecule has 2 aromatic rings. The number of hydrogen-bond donors (Lipinski definition) is 1. The molecule has 1 atom stereocenters. The molecule has 0 aliphatic carbocycles. The van der Waals surface area contributed by atoms with Crippen molar-refractivity contribution in [2.75, 3.05) is 19.0 Å². The van der Waals surface area contributed by atoms with Gasteiger partial charge in [0.1, 0.15) is 0 Å². The zero-order valence-corrected chi connectivity index (χ0v) is 10.4. The van der Waals surface area contributed by atoms with E-state index in [1.807, 2.05) is 0 Å². The molecule has 0 aliphatic rings. The average molecular weight is 229 g/mol. The molecule has 2 nitrogen and oxygen atoms in total. The second-order valence-electron chi connectivity index (χ2n) is 4.23. The first-order chi connectivity index (χ1) is 8.35. The van der Waals surface area contributed by atoms with Crippen LogP contribution in [0.3, 0.4) is 0 Å². The van der Waals surface area contributed by atoms with E-state index in [0.29, 0.717) is 6.04 Å². The van der Waals surface area contributed by atoms with Gasteiger partial charge in [0.05, 0.1) is 6.61 Å². The largest absolute Gasteiger partial charge is 0.383 e. The molecular formula is C15H19NO. The first-order valence-electron chi connectivity index (χ1n) is 6.08. The third-order valence-electron chi connectivity index (χ3n) is 3.01. The van der Waals surface area contributed by atoms with E-state index in [0.717, 1.165) is 13.0 Å². The van der Waals surface area contributed by atoms with Gasteiger partial charge < -0.3 is 10.1 Å². The lowest BCUT2D eigenvalue weighted by Gasteiger charge is -2.18. The number of rotatable bonds is 5. The molecule has 1 N–H and O–H groups in total. The first-order valence-corrected chi connectivity index (χ1v) is 6.08. The fourth-order valence-electron chi connectivity index (χ4n) is 2.03. The molecule has 0 saturated heterocycles. The molecule has 1 unspecified atom stereocenters. The molecular weight excluding hydrogens is 210 g/mol. The van der Waals surface area contributed by atoms with E-state index < -0.39 is 0 Å². The number of methoxy groups -OCH3 is 1. The summed E-state index contributed by atoms with van der Waals surface area (Å²) in [5, 5.41) is 6.08. The van der Waals surface area contributed by atoms with Gasteiger partial charge in [0.25, 0.3) is 0 Å². The van der Waals surface area contributed by atoms with Crippen molar-refractivity contribution in [3.8, 4) is 0 Å². The summed E-state index contributed by atoms with van der Waals surface area (Å²) in [6, 6.07) is 15.1. The van der Waals surface area contributed by atoms with Crippen LogP contribution in [-0.2, 0) is 4.74 Å². The van der Waals surface area contributed by atoms with E-state index in [1.165, 1.54) is 16.5 Å². The lowest BCUT2D eigenvalue weighted by atomic mass is 10.1. The Hall–Kier alpha value is -1.54. The molecule has 0 aliphatic heterocycles. The molecule has 2 aromatic carbocycles. The highest BCUT2D eigenvalue weighted by Crippen LogP contribution is 2.23. The number of fused-ring (bicyclic) bond motifs is 1. The maximum Gasteiger partial charge on any atom is 0.0663 e. The Morgan fingerprint density at radius 1 is 1.12 bits per heavy atom. The number of anilines is 1. The molecule has 0 heterocycles. The van der Waals surface area contributed by atoms with Crippen molar-refractivity contribution in [2.45, 2.75) is 19.4 Å². The lowest BCUT2D eigenvalue weighted by molar-refractivity contribution is 0.184. The maximum atomic E-state index is 5.22. The topological polar surface area (TPSA) is 21.3 Å². The van der Waals surface area contributed by atoms with E-state index in [1.54, 1.807) is 7.11 Å². The van der Waals surface area contributed by atoms with Crippen molar-refractivity contribution in [1.29, 1.82) is 0 Å². The molecule has 0 amide bonds. The summed E-state index contributed by atoms with van der Waals surface area (Å²) in [7, 11) is 1.74. The molecule has 2 rings (SSSR count). The average Bonchev–Trinajstić information content (AvgIpc) is 2.38. The van der Waals surface area contributed by atoms with Gasteiger partial charge in [0, 0.05) is 24.2 Å². The number of hydrogen-bond acceptors (Lipinski definition) is 2. The molecule has 0 saturated carbocycles. The number of ether oxygens (including phenoxy) is 1. The van der Waals surface area contributed by atoms with Gasteiger partial charge in [0.2, 0.25) is 0 Å². The van der Waals surface area contributed by atoms with Gasteiger partial charge in [-0.25, -0.2) is 0 Å². The summed E-state index contributed by atoms with van der Waals surface area (Å²) in [5.74, 6) is 0. The van der Waals surface area contributed by atoms with Crippen LogP contribution in [-0.4, -0.2) is 19.8 Å². The summed E-state index contributed by atoms with van der Waals surface area (Å²) in [6.45, 7) is 2.90. The molecule has 0 bridgehead atoms. The Balaban J connectivity index is 2.28. The number of nitrogens with one attached hydrogen (secondary N) is 1. The van der Waals surface area contributed by atoms with Gasteiger partial charge in [-0.1, -0.05) is 43.3 Å². The van der Waals surface area contributed by atoms with Crippen LogP contribution in [0.1, 0.15) is 13.3 Å². The molecule has 0 fully saturated rings. The van der Waals surface area contributed by atoms with Crippen LogP contribution in [0.25, 0.3) is 10.8 Å². The lowest BCUT2D eigenvalue weighted by Crippen LogP contribution is -2.23. The number of benzene rings is 2. The van der Waals surface area contributed by atoms with E-state index in [9.17, 15) is 0 Å². The van der Waals surface area contributed by atoms with Crippen LogP contribution in [0.15, 0.2) is 42.5 Å². The molecule has 0 spiro atoms. The van der Waals surface area contributed by atoms with Crippen molar-refractivity contribution >= 4 is 16.5 Å². The minimum atomic E-state index is 0.366. The third kappa shape index (κ3) is 2.77. The Labute approximate surface area is 103 Å². The molecule has 17 heavy (non-hydrogen) atoms. The quantitative estimate of drug-likeness (QED) is 0.844. The highest BCUT2D eigenvalue weighted by atomic mass is 16.5. The monoisotopic (exact) mass is 229 g/mol. The van der Waals surface area contributed by atoms with E-state index in [-0.39, 0.29) is 0 Å². The van der Waals surface area contributed by atoms with Crippen LogP contribution in [0.4, 0.5) is 5.69 Å². The zero-order chi connectivity index (χ0) is 12.1. The van der Waals surface area contributed by atoms with E-state index in [4.69, 9.17) is 4.74 Å². The minimum Gasteiger partial charge on any atom is -0.383 e. The highest BCUT2D eigenvalue weighted by molar-refractivity contribution is 5.93. The Bertz CT molecular complexity index is 476. The molecule has 0 radical (unpaired) electrons. The van der Waals surface area contributed by atoms with Crippen LogP contribution in [0.2, 0.25) is 0 Å². The Kier molecular flexibility index (Phi) is 3.99.